The summed E-state index contributed by atoms with van der Waals surface area (Å²) in [7, 11) is 0. The Balaban J connectivity index is 1.37. The lowest BCUT2D eigenvalue weighted by atomic mass is 9.84. The minimum atomic E-state index is -0.889. The van der Waals surface area contributed by atoms with Gasteiger partial charge in [-0.15, -0.1) is 0 Å². The highest BCUT2D eigenvalue weighted by molar-refractivity contribution is 5.82. The zero-order valence-electron chi connectivity index (χ0n) is 23.8. The van der Waals surface area contributed by atoms with Gasteiger partial charge in [-0.25, -0.2) is 15.2 Å². The first-order chi connectivity index (χ1) is 20.0. The summed E-state index contributed by atoms with van der Waals surface area (Å²) >= 11 is 0. The van der Waals surface area contributed by atoms with Crippen molar-refractivity contribution in [2.75, 3.05) is 13.2 Å². The maximum Gasteiger partial charge on any atom is 0.426 e. The average Bonchev–Trinajstić information content (AvgIpc) is 3.62. The van der Waals surface area contributed by atoms with Crippen LogP contribution in [0.25, 0.3) is 0 Å². The lowest BCUT2D eigenvalue weighted by Gasteiger charge is -2.35. The summed E-state index contributed by atoms with van der Waals surface area (Å²) in [5.41, 5.74) is 5.42. The van der Waals surface area contributed by atoms with Crippen LogP contribution in [0, 0.1) is 11.8 Å². The van der Waals surface area contributed by atoms with Crippen molar-refractivity contribution in [3.63, 3.8) is 0 Å². The quantitative estimate of drug-likeness (QED) is 0.355. The molecule has 5 rings (SSSR count). The number of aliphatic hydroxyl groups excluding tert-OH is 2. The first-order valence-electron chi connectivity index (χ1n) is 15.3. The van der Waals surface area contributed by atoms with E-state index in [4.69, 9.17) is 9.47 Å². The number of ether oxygens (including phenoxy) is 2. The van der Waals surface area contributed by atoms with E-state index in [0.29, 0.717) is 44.8 Å². The molecule has 0 spiro atoms. The fourth-order valence-corrected chi connectivity index (χ4v) is 6.72. The van der Waals surface area contributed by atoms with Gasteiger partial charge in [-0.2, -0.15) is 0 Å². The Labute approximate surface area is 243 Å². The first kappa shape index (κ1) is 29.5. The Bertz CT molecular complexity index is 1130. The summed E-state index contributed by atoms with van der Waals surface area (Å²) in [5.74, 6) is -0.306. The van der Waals surface area contributed by atoms with Crippen LogP contribution >= 0.6 is 0 Å². The number of hydrogen-bond acceptors (Lipinski definition) is 6. The van der Waals surface area contributed by atoms with E-state index in [0.717, 1.165) is 23.1 Å². The smallest absolute Gasteiger partial charge is 0.426 e. The second-order valence-corrected chi connectivity index (χ2v) is 12.0. The molecule has 1 saturated heterocycles. The van der Waals surface area contributed by atoms with Gasteiger partial charge < -0.3 is 19.7 Å². The van der Waals surface area contributed by atoms with Crippen molar-refractivity contribution in [3.8, 4) is 0 Å². The second-order valence-electron chi connectivity index (χ2n) is 12.0. The normalized spacial score (nSPS) is 23.9. The fourth-order valence-electron chi connectivity index (χ4n) is 6.72. The third kappa shape index (κ3) is 7.87. The zero-order chi connectivity index (χ0) is 28.6. The summed E-state index contributed by atoms with van der Waals surface area (Å²) < 4.78 is 10.9. The zero-order valence-corrected chi connectivity index (χ0v) is 23.8. The van der Waals surface area contributed by atoms with Crippen molar-refractivity contribution in [1.29, 1.82) is 0 Å². The van der Waals surface area contributed by atoms with Crippen LogP contribution in [0.15, 0.2) is 54.6 Å². The van der Waals surface area contributed by atoms with Gasteiger partial charge in [0.25, 0.3) is 0 Å². The number of carbonyl (C=O) groups is 2. The number of benzene rings is 2. The Hall–Kier alpha value is -2.94. The Morgan fingerprint density at radius 2 is 1.78 bits per heavy atom. The minimum Gasteiger partial charge on any atom is -0.442 e. The molecule has 5 atom stereocenters. The minimum absolute atomic E-state index is 0.272. The van der Waals surface area contributed by atoms with Gasteiger partial charge in [0.15, 0.2) is 0 Å². The number of nitrogens with one attached hydrogen (secondary N) is 1. The average molecular weight is 565 g/mol. The molecular formula is C33H44N2O6. The van der Waals surface area contributed by atoms with Crippen LogP contribution in [0.5, 0.6) is 0 Å². The van der Waals surface area contributed by atoms with Crippen LogP contribution in [0.4, 0.5) is 4.79 Å². The molecule has 8 nitrogen and oxygen atoms in total. The van der Waals surface area contributed by atoms with Gasteiger partial charge in [0.2, 0.25) is 5.91 Å². The molecule has 8 heteroatoms. The SMILES string of the molecule is O=C(NN(C(=O)[C@H](Cc1ccccc1)C[C@@H](O)CCC1CCCCC1)[C@H]1c2ccccc2C[C@H]1O)O[C@H]1CCOC1. The van der Waals surface area contributed by atoms with Crippen molar-refractivity contribution >= 4 is 12.0 Å². The molecule has 0 radical (unpaired) electrons. The Kier molecular flexibility index (Phi) is 10.3. The van der Waals surface area contributed by atoms with Crippen molar-refractivity contribution in [2.45, 2.75) is 95.0 Å². The molecule has 1 heterocycles. The summed E-state index contributed by atoms with van der Waals surface area (Å²) in [6.45, 7) is 0.841. The molecule has 0 unspecified atom stereocenters. The van der Waals surface area contributed by atoms with E-state index in [1.165, 1.54) is 37.1 Å². The van der Waals surface area contributed by atoms with Crippen molar-refractivity contribution < 1.29 is 29.3 Å². The van der Waals surface area contributed by atoms with Crippen LogP contribution < -0.4 is 5.43 Å². The van der Waals surface area contributed by atoms with Crippen LogP contribution in [0.1, 0.15) is 80.5 Å². The van der Waals surface area contributed by atoms with Gasteiger partial charge in [0, 0.05) is 18.8 Å². The molecule has 2 amide bonds. The highest BCUT2D eigenvalue weighted by Gasteiger charge is 2.41. The summed E-state index contributed by atoms with van der Waals surface area (Å²) in [6.07, 6.45) is 6.84. The van der Waals surface area contributed by atoms with Gasteiger partial charge >= 0.3 is 6.09 Å². The van der Waals surface area contributed by atoms with Crippen LogP contribution in [0.2, 0.25) is 0 Å². The third-order valence-corrected chi connectivity index (χ3v) is 8.92. The molecule has 0 aromatic heterocycles. The summed E-state index contributed by atoms with van der Waals surface area (Å²) in [5, 5.41) is 23.6. The molecule has 3 N–H and O–H groups in total. The van der Waals surface area contributed by atoms with E-state index in [1.54, 1.807) is 0 Å². The van der Waals surface area contributed by atoms with Gasteiger partial charge in [-0.05, 0) is 48.3 Å². The van der Waals surface area contributed by atoms with Gasteiger partial charge in [0.05, 0.1) is 25.4 Å². The summed E-state index contributed by atoms with van der Waals surface area (Å²) in [4.78, 5) is 27.5. The maximum atomic E-state index is 14.4. The molecule has 3 aliphatic rings. The highest BCUT2D eigenvalue weighted by Crippen LogP contribution is 2.37. The van der Waals surface area contributed by atoms with E-state index < -0.39 is 30.3 Å². The predicted octanol–water partition coefficient (Wildman–Crippen LogP) is 4.87. The number of rotatable bonds is 10. The van der Waals surface area contributed by atoms with Crippen LogP contribution in [0.3, 0.4) is 0 Å². The number of fused-ring (bicyclic) bond motifs is 1. The fraction of sp³-hybridized carbons (Fsp3) is 0.576. The van der Waals surface area contributed by atoms with E-state index in [1.807, 2.05) is 54.6 Å². The third-order valence-electron chi connectivity index (χ3n) is 8.92. The number of amides is 2. The topological polar surface area (TPSA) is 108 Å². The van der Waals surface area contributed by atoms with Crippen molar-refractivity contribution in [1.82, 2.24) is 10.4 Å². The van der Waals surface area contributed by atoms with Crippen LogP contribution in [-0.4, -0.2) is 58.7 Å². The van der Waals surface area contributed by atoms with Gasteiger partial charge in [-0.3, -0.25) is 4.79 Å². The lowest BCUT2D eigenvalue weighted by molar-refractivity contribution is -0.145. The number of aliphatic hydroxyl groups is 2. The van der Waals surface area contributed by atoms with Crippen LogP contribution in [-0.2, 0) is 27.1 Å². The molecule has 0 bridgehead atoms. The van der Waals surface area contributed by atoms with E-state index >= 15 is 0 Å². The lowest BCUT2D eigenvalue weighted by Crippen LogP contribution is -2.53. The van der Waals surface area contributed by atoms with Gasteiger partial charge in [-0.1, -0.05) is 86.7 Å². The van der Waals surface area contributed by atoms with Crippen molar-refractivity contribution in [2.24, 2.45) is 11.8 Å². The van der Waals surface area contributed by atoms with Gasteiger partial charge in [0.1, 0.15) is 12.1 Å². The van der Waals surface area contributed by atoms with E-state index in [9.17, 15) is 19.8 Å². The van der Waals surface area contributed by atoms with E-state index in [-0.39, 0.29) is 18.4 Å². The molecule has 2 fully saturated rings. The first-order valence-corrected chi connectivity index (χ1v) is 15.3. The molecule has 2 aromatic rings. The number of hydrogen-bond donors (Lipinski definition) is 3. The number of carbonyl (C=O) groups excluding carboxylic acids is 2. The maximum absolute atomic E-state index is 14.4. The molecule has 41 heavy (non-hydrogen) atoms. The van der Waals surface area contributed by atoms with Crippen molar-refractivity contribution in [3.05, 3.63) is 71.3 Å². The summed E-state index contributed by atoms with van der Waals surface area (Å²) in [6, 6.07) is 16.6. The second kappa shape index (κ2) is 14.3. The highest BCUT2D eigenvalue weighted by atomic mass is 16.6. The molecule has 222 valence electrons. The Morgan fingerprint density at radius 1 is 1.02 bits per heavy atom. The standard InChI is InChI=1S/C33H44N2O6/c36-27(16-15-23-9-3-1-4-10-23)20-26(19-24-11-5-2-6-12-24)32(38)35(34-33(39)41-28-17-18-40-22-28)31-29-14-8-7-13-25(29)21-30(31)37/h2,5-8,11-14,23,26-28,30-31,36-37H,1,3-4,9-10,15-22H2,(H,34,39)/t26-,27+,28+,30-,31+/m1/s1. The molecular weight excluding hydrogens is 520 g/mol. The predicted molar refractivity (Wildman–Crippen MR) is 155 cm³/mol. The van der Waals surface area contributed by atoms with E-state index in [2.05, 4.69) is 5.43 Å². The Morgan fingerprint density at radius 3 is 2.54 bits per heavy atom. The largest absolute Gasteiger partial charge is 0.442 e. The molecule has 1 aliphatic heterocycles. The molecule has 2 aromatic carbocycles. The molecule has 1 saturated carbocycles. The number of nitrogens with zero attached hydrogens (tertiary/aromatic N) is 1. The number of hydrazine groups is 1. The molecule has 2 aliphatic carbocycles. The monoisotopic (exact) mass is 564 g/mol.